The molecule has 0 radical (unpaired) electrons. The number of alkyl halides is 2. The normalized spacial score (nSPS) is 12.2. The van der Waals surface area contributed by atoms with Crippen LogP contribution in [0.3, 0.4) is 0 Å². The summed E-state index contributed by atoms with van der Waals surface area (Å²) in [5.74, 6) is -2.36. The first-order chi connectivity index (χ1) is 11.3. The summed E-state index contributed by atoms with van der Waals surface area (Å²) >= 11 is 1.65. The van der Waals surface area contributed by atoms with Gasteiger partial charge in [0.05, 0.1) is 5.25 Å². The van der Waals surface area contributed by atoms with E-state index in [1.165, 1.54) is 23.9 Å². The topological polar surface area (TPSA) is 80.9 Å². The predicted octanol–water partition coefficient (Wildman–Crippen LogP) is 3.80. The number of aryl methyl sites for hydroxylation is 1. The maximum Gasteiger partial charge on any atom is 0.288 e. The van der Waals surface area contributed by atoms with Gasteiger partial charge in [-0.15, -0.1) is 0 Å². The monoisotopic (exact) mass is 370 g/mol. The fourth-order valence-corrected chi connectivity index (χ4v) is 3.13. The van der Waals surface area contributed by atoms with Crippen LogP contribution in [0.1, 0.15) is 12.6 Å². The van der Waals surface area contributed by atoms with Crippen molar-refractivity contribution in [2.45, 2.75) is 34.9 Å². The number of amides is 1. The molecule has 1 amide bonds. The standard InChI is InChI=1S/C15H16F2N4OS2/c1-8-7-12(18)21-15(19-8)23-9(2)13(22)20-10-3-5-11(6-4-10)24-14(16)17/h3-7,9,14H,1-2H3,(H,20,22)(H2,18,19,21)/t9-/m0/s1. The summed E-state index contributed by atoms with van der Waals surface area (Å²) in [5, 5.41) is 2.71. The molecule has 24 heavy (non-hydrogen) atoms. The van der Waals surface area contributed by atoms with Crippen LogP contribution in [0.4, 0.5) is 20.3 Å². The summed E-state index contributed by atoms with van der Waals surface area (Å²) in [4.78, 5) is 20.9. The van der Waals surface area contributed by atoms with Crippen molar-refractivity contribution in [3.05, 3.63) is 36.0 Å². The van der Waals surface area contributed by atoms with Crippen molar-refractivity contribution in [3.63, 3.8) is 0 Å². The molecule has 1 heterocycles. The lowest BCUT2D eigenvalue weighted by Gasteiger charge is -2.12. The van der Waals surface area contributed by atoms with Gasteiger partial charge in [-0.2, -0.15) is 8.78 Å². The number of carbonyl (C=O) groups excluding carboxylic acids is 1. The molecule has 0 unspecified atom stereocenters. The highest BCUT2D eigenvalue weighted by atomic mass is 32.2. The lowest BCUT2D eigenvalue weighted by atomic mass is 10.3. The Morgan fingerprint density at radius 1 is 1.21 bits per heavy atom. The molecule has 0 aliphatic rings. The van der Waals surface area contributed by atoms with Crippen LogP contribution in [0.15, 0.2) is 40.4 Å². The van der Waals surface area contributed by atoms with E-state index >= 15 is 0 Å². The highest BCUT2D eigenvalue weighted by molar-refractivity contribution is 8.00. The van der Waals surface area contributed by atoms with E-state index in [1.807, 2.05) is 0 Å². The summed E-state index contributed by atoms with van der Waals surface area (Å²) in [5.41, 5.74) is 6.93. The second-order valence-corrected chi connectivity index (χ2v) is 7.24. The lowest BCUT2D eigenvalue weighted by molar-refractivity contribution is -0.115. The van der Waals surface area contributed by atoms with Crippen LogP contribution in [0.5, 0.6) is 0 Å². The fraction of sp³-hybridized carbons (Fsp3) is 0.267. The van der Waals surface area contributed by atoms with E-state index in [0.717, 1.165) is 5.69 Å². The first kappa shape index (κ1) is 18.5. The average molecular weight is 370 g/mol. The Balaban J connectivity index is 1.95. The maximum atomic E-state index is 12.3. The van der Waals surface area contributed by atoms with Crippen LogP contribution >= 0.6 is 23.5 Å². The van der Waals surface area contributed by atoms with Crippen molar-refractivity contribution in [1.29, 1.82) is 0 Å². The van der Waals surface area contributed by atoms with Gasteiger partial charge >= 0.3 is 0 Å². The minimum atomic E-state index is -2.47. The summed E-state index contributed by atoms with van der Waals surface area (Å²) in [6.07, 6.45) is 0. The number of anilines is 2. The summed E-state index contributed by atoms with van der Waals surface area (Å²) in [7, 11) is 0. The third-order valence-corrected chi connectivity index (χ3v) is 4.54. The number of nitrogens with zero attached hydrogens (tertiary/aromatic N) is 2. The molecule has 3 N–H and O–H groups in total. The highest BCUT2D eigenvalue weighted by Crippen LogP contribution is 2.27. The minimum absolute atomic E-state index is 0.238. The minimum Gasteiger partial charge on any atom is -0.384 e. The second kappa shape index (κ2) is 8.29. The summed E-state index contributed by atoms with van der Waals surface area (Å²) < 4.78 is 24.5. The fourth-order valence-electron chi connectivity index (χ4n) is 1.79. The largest absolute Gasteiger partial charge is 0.384 e. The number of nitrogens with one attached hydrogen (secondary N) is 1. The molecule has 0 bridgehead atoms. The Morgan fingerprint density at radius 2 is 1.88 bits per heavy atom. The zero-order valence-corrected chi connectivity index (χ0v) is 14.6. The van der Waals surface area contributed by atoms with E-state index < -0.39 is 11.0 Å². The van der Waals surface area contributed by atoms with E-state index in [1.54, 1.807) is 32.0 Å². The van der Waals surface area contributed by atoms with Gasteiger partial charge in [-0.1, -0.05) is 23.5 Å². The molecule has 0 aliphatic carbocycles. The Morgan fingerprint density at radius 3 is 2.46 bits per heavy atom. The van der Waals surface area contributed by atoms with Crippen molar-refractivity contribution in [2.75, 3.05) is 11.1 Å². The van der Waals surface area contributed by atoms with Crippen molar-refractivity contribution in [3.8, 4) is 0 Å². The molecule has 2 rings (SSSR count). The Labute approximate surface area is 146 Å². The first-order valence-electron chi connectivity index (χ1n) is 6.97. The van der Waals surface area contributed by atoms with E-state index in [2.05, 4.69) is 15.3 Å². The quantitative estimate of drug-likeness (QED) is 0.595. The van der Waals surface area contributed by atoms with Crippen LogP contribution in [-0.2, 0) is 4.79 Å². The van der Waals surface area contributed by atoms with Gasteiger partial charge in [0.25, 0.3) is 5.76 Å². The average Bonchev–Trinajstić information content (AvgIpc) is 2.47. The number of aromatic nitrogens is 2. The van der Waals surface area contributed by atoms with Gasteiger partial charge in [0.2, 0.25) is 5.91 Å². The maximum absolute atomic E-state index is 12.3. The molecule has 0 saturated carbocycles. The molecule has 0 saturated heterocycles. The molecule has 2 aromatic rings. The van der Waals surface area contributed by atoms with Crippen LogP contribution < -0.4 is 11.1 Å². The number of benzene rings is 1. The molecule has 0 aliphatic heterocycles. The summed E-state index contributed by atoms with van der Waals surface area (Å²) in [6, 6.07) is 7.89. The molecule has 1 aromatic carbocycles. The highest BCUT2D eigenvalue weighted by Gasteiger charge is 2.17. The van der Waals surface area contributed by atoms with Gasteiger partial charge in [0.15, 0.2) is 5.16 Å². The van der Waals surface area contributed by atoms with E-state index in [-0.39, 0.29) is 5.91 Å². The molecular formula is C15H16F2N4OS2. The molecule has 0 fully saturated rings. The predicted molar refractivity (Wildman–Crippen MR) is 93.4 cm³/mol. The number of carbonyl (C=O) groups is 1. The van der Waals surface area contributed by atoms with E-state index in [4.69, 9.17) is 5.73 Å². The zero-order valence-electron chi connectivity index (χ0n) is 13.0. The first-order valence-corrected chi connectivity index (χ1v) is 8.73. The molecule has 5 nitrogen and oxygen atoms in total. The zero-order chi connectivity index (χ0) is 17.7. The molecule has 128 valence electrons. The van der Waals surface area contributed by atoms with Crippen molar-refractivity contribution >= 4 is 40.9 Å². The smallest absolute Gasteiger partial charge is 0.288 e. The number of hydrogen-bond donors (Lipinski definition) is 2. The van der Waals surface area contributed by atoms with Gasteiger partial charge in [0, 0.05) is 22.3 Å². The van der Waals surface area contributed by atoms with Crippen LogP contribution in [0, 0.1) is 6.92 Å². The van der Waals surface area contributed by atoms with Crippen molar-refractivity contribution in [2.24, 2.45) is 0 Å². The molecule has 1 aromatic heterocycles. The molecule has 0 spiro atoms. The second-order valence-electron chi connectivity index (χ2n) is 4.87. The van der Waals surface area contributed by atoms with E-state index in [0.29, 0.717) is 33.3 Å². The van der Waals surface area contributed by atoms with Gasteiger partial charge in [0.1, 0.15) is 5.82 Å². The Kier molecular flexibility index (Phi) is 6.38. The third-order valence-electron chi connectivity index (χ3n) is 2.85. The number of hydrogen-bond acceptors (Lipinski definition) is 6. The number of nitrogens with two attached hydrogens (primary N) is 1. The van der Waals surface area contributed by atoms with Crippen LogP contribution in [0.2, 0.25) is 0 Å². The number of halogens is 2. The van der Waals surface area contributed by atoms with Crippen LogP contribution in [0.25, 0.3) is 0 Å². The van der Waals surface area contributed by atoms with Gasteiger partial charge in [-0.05, 0) is 38.1 Å². The van der Waals surface area contributed by atoms with Gasteiger partial charge in [-0.25, -0.2) is 9.97 Å². The number of thioether (sulfide) groups is 2. The summed E-state index contributed by atoms with van der Waals surface area (Å²) in [6.45, 7) is 3.52. The Bertz CT molecular complexity index is 693. The lowest BCUT2D eigenvalue weighted by Crippen LogP contribution is -2.22. The van der Waals surface area contributed by atoms with Crippen molar-refractivity contribution in [1.82, 2.24) is 9.97 Å². The molecule has 9 heteroatoms. The number of nitrogen functional groups attached to an aromatic ring is 1. The SMILES string of the molecule is Cc1cc(N)nc(S[C@@H](C)C(=O)Nc2ccc(SC(F)F)cc2)n1. The van der Waals surface area contributed by atoms with E-state index in [9.17, 15) is 13.6 Å². The number of rotatable bonds is 6. The van der Waals surface area contributed by atoms with Gasteiger partial charge in [-0.3, -0.25) is 4.79 Å². The molecular weight excluding hydrogens is 354 g/mol. The van der Waals surface area contributed by atoms with Crippen molar-refractivity contribution < 1.29 is 13.6 Å². The van der Waals surface area contributed by atoms with Gasteiger partial charge < -0.3 is 11.1 Å². The van der Waals surface area contributed by atoms with Crippen LogP contribution in [-0.4, -0.2) is 26.9 Å². The third kappa shape index (κ3) is 5.64. The molecule has 1 atom stereocenters. The Hall–Kier alpha value is -1.87.